The van der Waals surface area contributed by atoms with Gasteiger partial charge in [0.2, 0.25) is 0 Å². The van der Waals surface area contributed by atoms with Gasteiger partial charge >= 0.3 is 0 Å². The van der Waals surface area contributed by atoms with Gasteiger partial charge in [-0.2, -0.15) is 0 Å². The maximum Gasteiger partial charge on any atom is 0.161 e. The molecule has 0 spiro atoms. The molecule has 1 saturated carbocycles. The van der Waals surface area contributed by atoms with Crippen molar-refractivity contribution in [2.75, 3.05) is 13.2 Å². The second-order valence-corrected chi connectivity index (χ2v) is 4.78. The first kappa shape index (κ1) is 9.97. The summed E-state index contributed by atoms with van der Waals surface area (Å²) in [5, 5.41) is 0. The zero-order valence-corrected chi connectivity index (χ0v) is 9.32. The van der Waals surface area contributed by atoms with Crippen molar-refractivity contribution >= 4 is 0 Å². The molecule has 3 rings (SSSR count). The Hall–Kier alpha value is -1.22. The van der Waals surface area contributed by atoms with Gasteiger partial charge < -0.3 is 15.2 Å². The van der Waals surface area contributed by atoms with Gasteiger partial charge in [-0.15, -0.1) is 0 Å². The molecule has 1 fully saturated rings. The van der Waals surface area contributed by atoms with Gasteiger partial charge in [-0.05, 0) is 42.9 Å². The predicted molar refractivity (Wildman–Crippen MR) is 61.8 cm³/mol. The molecule has 2 aliphatic rings. The average Bonchev–Trinajstić information content (AvgIpc) is 2.27. The zero-order chi connectivity index (χ0) is 11.0. The third kappa shape index (κ3) is 1.87. The quantitative estimate of drug-likeness (QED) is 0.824. The van der Waals surface area contributed by atoms with Crippen molar-refractivity contribution in [3.63, 3.8) is 0 Å². The summed E-state index contributed by atoms with van der Waals surface area (Å²) >= 11 is 0. The first-order valence-corrected chi connectivity index (χ1v) is 5.95. The second-order valence-electron chi connectivity index (χ2n) is 4.78. The van der Waals surface area contributed by atoms with Crippen molar-refractivity contribution in [2.45, 2.75) is 25.3 Å². The van der Waals surface area contributed by atoms with Gasteiger partial charge in [0.1, 0.15) is 13.2 Å². The minimum absolute atomic E-state index is 0.433. The molecule has 0 unspecified atom stereocenters. The van der Waals surface area contributed by atoms with Crippen molar-refractivity contribution in [3.05, 3.63) is 23.8 Å². The Morgan fingerprint density at radius 1 is 1.12 bits per heavy atom. The average molecular weight is 219 g/mol. The lowest BCUT2D eigenvalue weighted by molar-refractivity contribution is 0.171. The molecule has 1 aliphatic carbocycles. The summed E-state index contributed by atoms with van der Waals surface area (Å²) in [6, 6.07) is 6.69. The van der Waals surface area contributed by atoms with Gasteiger partial charge in [-0.25, -0.2) is 0 Å². The van der Waals surface area contributed by atoms with Crippen LogP contribution in [0.3, 0.4) is 0 Å². The summed E-state index contributed by atoms with van der Waals surface area (Å²) in [6.07, 6.45) is 3.44. The van der Waals surface area contributed by atoms with Crippen LogP contribution in [0.5, 0.6) is 11.5 Å². The predicted octanol–water partition coefficient (Wildman–Crippen LogP) is 1.74. The molecule has 1 heterocycles. The van der Waals surface area contributed by atoms with Crippen LogP contribution < -0.4 is 15.2 Å². The molecule has 1 aromatic rings. The van der Waals surface area contributed by atoms with Gasteiger partial charge in [0, 0.05) is 6.04 Å². The van der Waals surface area contributed by atoms with Crippen LogP contribution in [-0.2, 0) is 6.42 Å². The molecule has 0 amide bonds. The summed E-state index contributed by atoms with van der Waals surface area (Å²) in [5.74, 6) is 2.53. The Bertz CT molecular complexity index is 386. The fourth-order valence-corrected chi connectivity index (χ4v) is 2.50. The highest BCUT2D eigenvalue weighted by molar-refractivity contribution is 5.44. The van der Waals surface area contributed by atoms with Crippen molar-refractivity contribution < 1.29 is 9.47 Å². The van der Waals surface area contributed by atoms with Crippen LogP contribution in [0.1, 0.15) is 18.4 Å². The molecule has 0 radical (unpaired) electrons. The molecule has 0 saturated heterocycles. The topological polar surface area (TPSA) is 44.5 Å². The Balaban J connectivity index is 1.71. The smallest absolute Gasteiger partial charge is 0.161 e. The fraction of sp³-hybridized carbons (Fsp3) is 0.538. The Kier molecular flexibility index (Phi) is 2.48. The Labute approximate surface area is 95.5 Å². The lowest BCUT2D eigenvalue weighted by Gasteiger charge is -2.32. The monoisotopic (exact) mass is 219 g/mol. The van der Waals surface area contributed by atoms with Gasteiger partial charge in [0.25, 0.3) is 0 Å². The van der Waals surface area contributed by atoms with Crippen LogP contribution in [0.15, 0.2) is 18.2 Å². The van der Waals surface area contributed by atoms with E-state index in [4.69, 9.17) is 15.2 Å². The van der Waals surface area contributed by atoms with E-state index < -0.39 is 0 Å². The molecule has 3 nitrogen and oxygen atoms in total. The van der Waals surface area contributed by atoms with E-state index in [2.05, 4.69) is 12.1 Å². The lowest BCUT2D eigenvalue weighted by Crippen LogP contribution is -2.37. The van der Waals surface area contributed by atoms with E-state index in [0.717, 1.165) is 36.7 Å². The molecule has 1 aliphatic heterocycles. The SMILES string of the molecule is NC1CC(Cc2ccc3c(c2)OCCO3)C1. The molecule has 16 heavy (non-hydrogen) atoms. The van der Waals surface area contributed by atoms with E-state index in [0.29, 0.717) is 19.3 Å². The summed E-state index contributed by atoms with van der Waals surface area (Å²) < 4.78 is 11.1. The molecule has 0 aromatic heterocycles. The highest BCUT2D eigenvalue weighted by Crippen LogP contribution is 2.34. The third-order valence-corrected chi connectivity index (χ3v) is 3.40. The number of ether oxygens (including phenoxy) is 2. The molecule has 0 bridgehead atoms. The molecule has 1 aromatic carbocycles. The van der Waals surface area contributed by atoms with E-state index in [9.17, 15) is 0 Å². The van der Waals surface area contributed by atoms with Crippen molar-refractivity contribution in [3.8, 4) is 11.5 Å². The van der Waals surface area contributed by atoms with Crippen LogP contribution >= 0.6 is 0 Å². The fourth-order valence-electron chi connectivity index (χ4n) is 2.50. The van der Waals surface area contributed by atoms with E-state index in [1.165, 1.54) is 5.56 Å². The summed E-state index contributed by atoms with van der Waals surface area (Å²) in [4.78, 5) is 0. The minimum atomic E-state index is 0.433. The molecule has 86 valence electrons. The molecule has 0 atom stereocenters. The minimum Gasteiger partial charge on any atom is -0.486 e. The van der Waals surface area contributed by atoms with Crippen LogP contribution in [0.4, 0.5) is 0 Å². The van der Waals surface area contributed by atoms with Crippen LogP contribution in [0, 0.1) is 5.92 Å². The third-order valence-electron chi connectivity index (χ3n) is 3.40. The Morgan fingerprint density at radius 2 is 1.88 bits per heavy atom. The van der Waals surface area contributed by atoms with Gasteiger partial charge in [0.05, 0.1) is 0 Å². The first-order valence-electron chi connectivity index (χ1n) is 5.95. The van der Waals surface area contributed by atoms with Crippen LogP contribution in [0.25, 0.3) is 0 Å². The molecular formula is C13H17NO2. The number of hydrogen-bond acceptors (Lipinski definition) is 3. The normalized spacial score (nSPS) is 27.3. The molecular weight excluding hydrogens is 202 g/mol. The van der Waals surface area contributed by atoms with Gasteiger partial charge in [-0.3, -0.25) is 0 Å². The first-order chi connectivity index (χ1) is 7.81. The maximum atomic E-state index is 5.79. The maximum absolute atomic E-state index is 5.79. The van der Waals surface area contributed by atoms with E-state index in [-0.39, 0.29) is 0 Å². The van der Waals surface area contributed by atoms with E-state index >= 15 is 0 Å². The van der Waals surface area contributed by atoms with Crippen LogP contribution in [-0.4, -0.2) is 19.3 Å². The summed E-state index contributed by atoms with van der Waals surface area (Å²) in [7, 11) is 0. The number of rotatable bonds is 2. The van der Waals surface area contributed by atoms with Crippen molar-refractivity contribution in [1.82, 2.24) is 0 Å². The summed E-state index contributed by atoms with van der Waals surface area (Å²) in [5.41, 5.74) is 7.12. The highest BCUT2D eigenvalue weighted by Gasteiger charge is 2.26. The standard InChI is InChI=1S/C13H17NO2/c14-11-6-10(7-11)5-9-1-2-12-13(8-9)16-4-3-15-12/h1-2,8,10-11H,3-7,14H2. The van der Waals surface area contributed by atoms with Crippen LogP contribution in [0.2, 0.25) is 0 Å². The largest absolute Gasteiger partial charge is 0.486 e. The lowest BCUT2D eigenvalue weighted by atomic mass is 9.77. The van der Waals surface area contributed by atoms with E-state index in [1.807, 2.05) is 6.07 Å². The number of fused-ring (bicyclic) bond motifs is 1. The zero-order valence-electron chi connectivity index (χ0n) is 9.32. The number of benzene rings is 1. The van der Waals surface area contributed by atoms with Crippen molar-refractivity contribution in [2.24, 2.45) is 11.7 Å². The van der Waals surface area contributed by atoms with E-state index in [1.54, 1.807) is 0 Å². The molecule has 3 heteroatoms. The number of nitrogens with two attached hydrogens (primary N) is 1. The molecule has 2 N–H and O–H groups in total. The number of hydrogen-bond donors (Lipinski definition) is 1. The summed E-state index contributed by atoms with van der Waals surface area (Å²) in [6.45, 7) is 1.31. The van der Waals surface area contributed by atoms with Gasteiger partial charge in [-0.1, -0.05) is 6.07 Å². The second kappa shape index (κ2) is 3.98. The Morgan fingerprint density at radius 3 is 2.62 bits per heavy atom. The van der Waals surface area contributed by atoms with Gasteiger partial charge in [0.15, 0.2) is 11.5 Å². The highest BCUT2D eigenvalue weighted by atomic mass is 16.6. The van der Waals surface area contributed by atoms with Crippen molar-refractivity contribution in [1.29, 1.82) is 0 Å².